The van der Waals surface area contributed by atoms with E-state index in [2.05, 4.69) is 0 Å². The summed E-state index contributed by atoms with van der Waals surface area (Å²) in [6.45, 7) is 1.72. The first-order valence-electron chi connectivity index (χ1n) is 5.49. The van der Waals surface area contributed by atoms with Crippen LogP contribution in [0.4, 0.5) is 13.2 Å². The fourth-order valence-corrected chi connectivity index (χ4v) is 1.89. The molecule has 0 bridgehead atoms. The van der Waals surface area contributed by atoms with Gasteiger partial charge in [0, 0.05) is 10.6 Å². The highest BCUT2D eigenvalue weighted by Crippen LogP contribution is 2.28. The number of aliphatic hydroxyl groups is 1. The van der Waals surface area contributed by atoms with Crippen LogP contribution < -0.4 is 0 Å². The molecule has 2 aromatic rings. The Morgan fingerprint density at radius 2 is 1.74 bits per heavy atom. The molecule has 0 aliphatic heterocycles. The molecule has 19 heavy (non-hydrogen) atoms. The van der Waals surface area contributed by atoms with Gasteiger partial charge in [0.05, 0.1) is 0 Å². The number of benzene rings is 2. The summed E-state index contributed by atoms with van der Waals surface area (Å²) in [7, 11) is 0. The van der Waals surface area contributed by atoms with Gasteiger partial charge in [0.2, 0.25) is 0 Å². The maximum absolute atomic E-state index is 13.6. The van der Waals surface area contributed by atoms with Gasteiger partial charge in [0.15, 0.2) is 17.5 Å². The molecule has 1 nitrogen and oxygen atoms in total. The average Bonchev–Trinajstić information content (AvgIpc) is 2.39. The Morgan fingerprint density at radius 3 is 2.37 bits per heavy atom. The van der Waals surface area contributed by atoms with Crippen molar-refractivity contribution in [1.82, 2.24) is 0 Å². The second-order valence-corrected chi connectivity index (χ2v) is 4.58. The molecule has 0 saturated carbocycles. The molecule has 0 aliphatic rings. The van der Waals surface area contributed by atoms with E-state index in [0.29, 0.717) is 16.1 Å². The van der Waals surface area contributed by atoms with E-state index in [4.69, 9.17) is 11.6 Å². The van der Waals surface area contributed by atoms with Crippen molar-refractivity contribution in [1.29, 1.82) is 0 Å². The number of hydrogen-bond acceptors (Lipinski definition) is 1. The Hall–Kier alpha value is -1.52. The molecule has 0 spiro atoms. The van der Waals surface area contributed by atoms with Crippen LogP contribution in [-0.4, -0.2) is 5.11 Å². The van der Waals surface area contributed by atoms with Crippen molar-refractivity contribution in [2.75, 3.05) is 0 Å². The molecule has 0 aliphatic carbocycles. The van der Waals surface area contributed by atoms with Gasteiger partial charge >= 0.3 is 0 Å². The third-order valence-electron chi connectivity index (χ3n) is 2.86. The molecule has 0 heterocycles. The fourth-order valence-electron chi connectivity index (χ4n) is 1.77. The SMILES string of the molecule is Cc1cc(C(O)c2ccc(F)c(F)c2F)ccc1Cl. The molecule has 0 amide bonds. The minimum atomic E-state index is -1.60. The maximum Gasteiger partial charge on any atom is 0.194 e. The lowest BCUT2D eigenvalue weighted by atomic mass is 9.99. The normalized spacial score (nSPS) is 12.5. The van der Waals surface area contributed by atoms with E-state index in [1.54, 1.807) is 19.1 Å². The van der Waals surface area contributed by atoms with Crippen molar-refractivity contribution in [2.45, 2.75) is 13.0 Å². The largest absolute Gasteiger partial charge is 0.384 e. The predicted molar refractivity (Wildman–Crippen MR) is 66.6 cm³/mol. The van der Waals surface area contributed by atoms with Crippen LogP contribution in [0.3, 0.4) is 0 Å². The molecule has 0 saturated heterocycles. The van der Waals surface area contributed by atoms with Crippen LogP contribution in [0.25, 0.3) is 0 Å². The molecule has 2 rings (SSSR count). The number of aliphatic hydroxyl groups excluding tert-OH is 1. The predicted octanol–water partition coefficient (Wildman–Crippen LogP) is 4.15. The van der Waals surface area contributed by atoms with Crippen LogP contribution >= 0.6 is 11.6 Å². The molecule has 1 atom stereocenters. The van der Waals surface area contributed by atoms with Crippen molar-refractivity contribution in [2.24, 2.45) is 0 Å². The molecule has 5 heteroatoms. The molecule has 100 valence electrons. The quantitative estimate of drug-likeness (QED) is 0.822. The monoisotopic (exact) mass is 286 g/mol. The third-order valence-corrected chi connectivity index (χ3v) is 3.28. The van der Waals surface area contributed by atoms with Gasteiger partial charge in [0.25, 0.3) is 0 Å². The van der Waals surface area contributed by atoms with E-state index in [9.17, 15) is 18.3 Å². The highest BCUT2D eigenvalue weighted by atomic mass is 35.5. The van der Waals surface area contributed by atoms with E-state index in [1.165, 1.54) is 6.07 Å². The average molecular weight is 287 g/mol. The minimum absolute atomic E-state index is 0.319. The Bertz CT molecular complexity index is 628. The highest BCUT2D eigenvalue weighted by Gasteiger charge is 2.20. The molecule has 1 unspecified atom stereocenters. The first kappa shape index (κ1) is 13.9. The lowest BCUT2D eigenvalue weighted by Gasteiger charge is -2.14. The van der Waals surface area contributed by atoms with Gasteiger partial charge in [-0.3, -0.25) is 0 Å². The topological polar surface area (TPSA) is 20.2 Å². The lowest BCUT2D eigenvalue weighted by molar-refractivity contribution is 0.212. The van der Waals surface area contributed by atoms with Crippen molar-refractivity contribution < 1.29 is 18.3 Å². The lowest BCUT2D eigenvalue weighted by Crippen LogP contribution is -2.06. The summed E-state index contributed by atoms with van der Waals surface area (Å²) in [4.78, 5) is 0. The summed E-state index contributed by atoms with van der Waals surface area (Å²) in [6, 6.07) is 6.41. The van der Waals surface area contributed by atoms with Crippen LogP contribution in [0.5, 0.6) is 0 Å². The van der Waals surface area contributed by atoms with E-state index in [0.717, 1.165) is 12.1 Å². The zero-order valence-electron chi connectivity index (χ0n) is 9.92. The van der Waals surface area contributed by atoms with Crippen molar-refractivity contribution in [3.63, 3.8) is 0 Å². The molecular weight excluding hydrogens is 277 g/mol. The van der Waals surface area contributed by atoms with Crippen LogP contribution in [-0.2, 0) is 0 Å². The molecule has 2 aromatic carbocycles. The van der Waals surface area contributed by atoms with Crippen LogP contribution in [0.15, 0.2) is 30.3 Å². The summed E-state index contributed by atoms with van der Waals surface area (Å²) in [5.74, 6) is -4.27. The molecule has 0 fully saturated rings. The van der Waals surface area contributed by atoms with E-state index in [-0.39, 0.29) is 5.56 Å². The molecular formula is C14H10ClF3O. The van der Waals surface area contributed by atoms with Gasteiger partial charge in [-0.1, -0.05) is 29.8 Å². The van der Waals surface area contributed by atoms with Gasteiger partial charge in [-0.05, 0) is 30.2 Å². The zero-order chi connectivity index (χ0) is 14.2. The van der Waals surface area contributed by atoms with Crippen LogP contribution in [0, 0.1) is 24.4 Å². The number of rotatable bonds is 2. The Kier molecular flexibility index (Phi) is 3.83. The van der Waals surface area contributed by atoms with Gasteiger partial charge in [0.1, 0.15) is 6.10 Å². The number of hydrogen-bond donors (Lipinski definition) is 1. The minimum Gasteiger partial charge on any atom is -0.384 e. The Labute approximate surface area is 113 Å². The fraction of sp³-hybridized carbons (Fsp3) is 0.143. The Balaban J connectivity index is 2.47. The Morgan fingerprint density at radius 1 is 1.05 bits per heavy atom. The summed E-state index contributed by atoms with van der Waals surface area (Å²) < 4.78 is 39.5. The van der Waals surface area contributed by atoms with Gasteiger partial charge in [-0.15, -0.1) is 0 Å². The smallest absolute Gasteiger partial charge is 0.194 e. The summed E-state index contributed by atoms with van der Waals surface area (Å²) in [5.41, 5.74) is 0.730. The third kappa shape index (κ3) is 2.60. The zero-order valence-corrected chi connectivity index (χ0v) is 10.7. The number of aryl methyl sites for hydroxylation is 1. The molecule has 1 N–H and O–H groups in total. The van der Waals surface area contributed by atoms with Gasteiger partial charge in [-0.2, -0.15) is 0 Å². The maximum atomic E-state index is 13.6. The summed E-state index contributed by atoms with van der Waals surface area (Å²) in [6.07, 6.45) is -1.38. The van der Waals surface area contributed by atoms with E-state index >= 15 is 0 Å². The molecule has 0 aromatic heterocycles. The second kappa shape index (κ2) is 5.23. The first-order valence-corrected chi connectivity index (χ1v) is 5.87. The van der Waals surface area contributed by atoms with Gasteiger partial charge in [-0.25, -0.2) is 13.2 Å². The first-order chi connectivity index (χ1) is 8.91. The highest BCUT2D eigenvalue weighted by molar-refractivity contribution is 6.31. The van der Waals surface area contributed by atoms with Crippen LogP contribution in [0.2, 0.25) is 5.02 Å². The summed E-state index contributed by atoms with van der Waals surface area (Å²) in [5, 5.41) is 10.5. The molecule has 0 radical (unpaired) electrons. The second-order valence-electron chi connectivity index (χ2n) is 4.18. The van der Waals surface area contributed by atoms with Gasteiger partial charge < -0.3 is 5.11 Å². The van der Waals surface area contributed by atoms with E-state index < -0.39 is 23.6 Å². The van der Waals surface area contributed by atoms with E-state index in [1.807, 2.05) is 0 Å². The standard InChI is InChI=1S/C14H10ClF3O/c1-7-6-8(2-4-10(7)15)14(19)9-3-5-11(16)13(18)12(9)17/h2-6,14,19H,1H3. The van der Waals surface area contributed by atoms with Crippen LogP contribution in [0.1, 0.15) is 22.8 Å². The van der Waals surface area contributed by atoms with Crippen molar-refractivity contribution >= 4 is 11.6 Å². The van der Waals surface area contributed by atoms with Crippen molar-refractivity contribution in [3.8, 4) is 0 Å². The number of halogens is 4. The van der Waals surface area contributed by atoms with Crippen molar-refractivity contribution in [3.05, 3.63) is 69.5 Å². The summed E-state index contributed by atoms with van der Waals surface area (Å²) >= 11 is 5.84.